The summed E-state index contributed by atoms with van der Waals surface area (Å²) in [6.45, 7) is 4.51. The number of ether oxygens (including phenoxy) is 1. The number of ketones is 1. The van der Waals surface area contributed by atoms with E-state index in [1.165, 1.54) is 0 Å². The summed E-state index contributed by atoms with van der Waals surface area (Å²) >= 11 is 3.42. The van der Waals surface area contributed by atoms with E-state index in [1.807, 2.05) is 12.1 Å². The van der Waals surface area contributed by atoms with E-state index in [9.17, 15) is 4.79 Å². The van der Waals surface area contributed by atoms with E-state index >= 15 is 0 Å². The molecule has 0 fully saturated rings. The molecular formula is C13H18BrNO2. The van der Waals surface area contributed by atoms with E-state index in [0.717, 1.165) is 10.0 Å². The van der Waals surface area contributed by atoms with Gasteiger partial charge in [0.05, 0.1) is 18.1 Å². The predicted molar refractivity (Wildman–Crippen MR) is 73.0 cm³/mol. The molecule has 3 nitrogen and oxygen atoms in total. The number of halogens is 1. The lowest BCUT2D eigenvalue weighted by Crippen LogP contribution is -2.19. The van der Waals surface area contributed by atoms with Crippen molar-refractivity contribution in [3.63, 3.8) is 0 Å². The molecule has 0 aliphatic carbocycles. The Morgan fingerprint density at radius 2 is 2.12 bits per heavy atom. The van der Waals surface area contributed by atoms with Crippen molar-refractivity contribution in [1.82, 2.24) is 5.32 Å². The van der Waals surface area contributed by atoms with Crippen molar-refractivity contribution in [3.05, 3.63) is 27.7 Å². The van der Waals surface area contributed by atoms with E-state index in [4.69, 9.17) is 4.74 Å². The third-order valence-corrected chi connectivity index (χ3v) is 3.40. The van der Waals surface area contributed by atoms with Crippen LogP contribution in [0.3, 0.4) is 0 Å². The maximum atomic E-state index is 12.0. The molecule has 4 heteroatoms. The predicted octanol–water partition coefficient (Wildman–Crippen LogP) is 2.98. The highest BCUT2D eigenvalue weighted by molar-refractivity contribution is 9.10. The maximum Gasteiger partial charge on any atom is 0.177 e. The van der Waals surface area contributed by atoms with Gasteiger partial charge in [-0.3, -0.25) is 4.79 Å². The van der Waals surface area contributed by atoms with Gasteiger partial charge in [-0.25, -0.2) is 0 Å². The zero-order valence-electron chi connectivity index (χ0n) is 10.6. The van der Waals surface area contributed by atoms with Crippen LogP contribution >= 0.6 is 15.9 Å². The summed E-state index contributed by atoms with van der Waals surface area (Å²) in [5, 5.41) is 2.87. The molecule has 0 unspecified atom stereocenters. The van der Waals surface area contributed by atoms with Crippen LogP contribution < -0.4 is 10.1 Å². The van der Waals surface area contributed by atoms with Gasteiger partial charge in [0.15, 0.2) is 5.78 Å². The Morgan fingerprint density at radius 3 is 2.59 bits per heavy atom. The van der Waals surface area contributed by atoms with Crippen molar-refractivity contribution in [2.75, 3.05) is 20.7 Å². The summed E-state index contributed by atoms with van der Waals surface area (Å²) in [5.41, 5.74) is 1.77. The second-order valence-corrected chi connectivity index (χ2v) is 4.99. The number of nitrogens with one attached hydrogen (secondary N) is 1. The fourth-order valence-corrected chi connectivity index (χ4v) is 2.17. The highest BCUT2D eigenvalue weighted by Crippen LogP contribution is 2.33. The average Bonchev–Trinajstić information content (AvgIpc) is 2.29. The molecule has 0 amide bonds. The van der Waals surface area contributed by atoms with Crippen LogP contribution in [0.1, 0.15) is 35.7 Å². The number of rotatable bonds is 5. The molecule has 0 radical (unpaired) electrons. The third kappa shape index (κ3) is 3.30. The van der Waals surface area contributed by atoms with E-state index in [-0.39, 0.29) is 5.78 Å². The molecule has 1 aromatic carbocycles. The van der Waals surface area contributed by atoms with Gasteiger partial charge in [-0.1, -0.05) is 13.8 Å². The van der Waals surface area contributed by atoms with Gasteiger partial charge in [0.2, 0.25) is 0 Å². The molecule has 0 saturated heterocycles. The first-order valence-electron chi connectivity index (χ1n) is 5.56. The first-order valence-corrected chi connectivity index (χ1v) is 6.35. The van der Waals surface area contributed by atoms with Gasteiger partial charge in [-0.2, -0.15) is 0 Å². The number of hydrogen-bond acceptors (Lipinski definition) is 3. The summed E-state index contributed by atoms with van der Waals surface area (Å²) < 4.78 is 6.01. The lowest BCUT2D eigenvalue weighted by atomic mass is 9.98. The van der Waals surface area contributed by atoms with Crippen molar-refractivity contribution in [2.45, 2.75) is 19.8 Å². The number of carbonyl (C=O) groups excluding carboxylic acids is 1. The Bertz CT molecular complexity index is 416. The highest BCUT2D eigenvalue weighted by Gasteiger charge is 2.16. The fraction of sp³-hybridized carbons (Fsp3) is 0.462. The smallest absolute Gasteiger partial charge is 0.177 e. The second-order valence-electron chi connectivity index (χ2n) is 4.19. The first-order chi connectivity index (χ1) is 8.01. The van der Waals surface area contributed by atoms with E-state index < -0.39 is 0 Å². The van der Waals surface area contributed by atoms with Gasteiger partial charge in [0, 0.05) is 5.56 Å². The van der Waals surface area contributed by atoms with Gasteiger partial charge in [-0.15, -0.1) is 0 Å². The largest absolute Gasteiger partial charge is 0.496 e. The fourth-order valence-electron chi connectivity index (χ4n) is 1.56. The molecule has 0 atom stereocenters. The Labute approximate surface area is 111 Å². The van der Waals surface area contributed by atoms with Crippen molar-refractivity contribution < 1.29 is 9.53 Å². The van der Waals surface area contributed by atoms with Gasteiger partial charge in [-0.05, 0) is 46.6 Å². The third-order valence-electron chi connectivity index (χ3n) is 2.59. The van der Waals surface area contributed by atoms with Crippen molar-refractivity contribution in [1.29, 1.82) is 0 Å². The molecule has 1 N–H and O–H groups in total. The summed E-state index contributed by atoms with van der Waals surface area (Å²) in [7, 11) is 3.37. The van der Waals surface area contributed by atoms with E-state index in [0.29, 0.717) is 23.8 Å². The standard InChI is InChI=1S/C13H18BrNO2/c1-8(2)9-5-10(11(16)7-15-3)13(14)12(6-9)17-4/h5-6,8,15H,7H2,1-4H3. The quantitative estimate of drug-likeness (QED) is 0.850. The topological polar surface area (TPSA) is 38.3 Å². The number of Topliss-reactive ketones (excluding diaryl/α,β-unsaturated/α-hetero) is 1. The molecule has 0 aliphatic rings. The number of methoxy groups -OCH3 is 1. The van der Waals surface area contributed by atoms with Crippen LogP contribution in [-0.2, 0) is 0 Å². The molecule has 94 valence electrons. The van der Waals surface area contributed by atoms with E-state index in [2.05, 4.69) is 35.1 Å². The molecule has 0 aliphatic heterocycles. The molecule has 0 bridgehead atoms. The Kier molecular flexibility index (Phi) is 5.15. The van der Waals surface area contributed by atoms with Crippen LogP contribution in [0, 0.1) is 0 Å². The molecule has 0 spiro atoms. The van der Waals surface area contributed by atoms with Gasteiger partial charge in [0.25, 0.3) is 0 Å². The molecule has 17 heavy (non-hydrogen) atoms. The summed E-state index contributed by atoms with van der Waals surface area (Å²) in [4.78, 5) is 12.0. The SMILES string of the molecule is CNCC(=O)c1cc(C(C)C)cc(OC)c1Br. The summed E-state index contributed by atoms with van der Waals surface area (Å²) in [6.07, 6.45) is 0. The van der Waals surface area contributed by atoms with Crippen molar-refractivity contribution in [3.8, 4) is 5.75 Å². The van der Waals surface area contributed by atoms with Crippen molar-refractivity contribution in [2.24, 2.45) is 0 Å². The minimum atomic E-state index is 0.0557. The van der Waals surface area contributed by atoms with E-state index in [1.54, 1.807) is 14.2 Å². The first kappa shape index (κ1) is 14.2. The maximum absolute atomic E-state index is 12.0. The normalized spacial score (nSPS) is 10.7. The summed E-state index contributed by atoms with van der Waals surface area (Å²) in [5.74, 6) is 1.12. The minimum absolute atomic E-state index is 0.0557. The molecule has 1 aromatic rings. The van der Waals surface area contributed by atoms with Gasteiger partial charge in [0.1, 0.15) is 5.75 Å². The Hall–Kier alpha value is -0.870. The number of likely N-dealkylation sites (N-methyl/N-ethyl adjacent to an activating group) is 1. The lowest BCUT2D eigenvalue weighted by molar-refractivity contribution is 0.0992. The Morgan fingerprint density at radius 1 is 1.47 bits per heavy atom. The lowest BCUT2D eigenvalue weighted by Gasteiger charge is -2.13. The zero-order chi connectivity index (χ0) is 13.0. The van der Waals surface area contributed by atoms with Crippen molar-refractivity contribution >= 4 is 21.7 Å². The van der Waals surface area contributed by atoms with Crippen LogP contribution in [0.25, 0.3) is 0 Å². The van der Waals surface area contributed by atoms with Crippen LogP contribution in [0.2, 0.25) is 0 Å². The number of hydrogen-bond donors (Lipinski definition) is 1. The Balaban J connectivity index is 3.27. The minimum Gasteiger partial charge on any atom is -0.496 e. The van der Waals surface area contributed by atoms with Gasteiger partial charge >= 0.3 is 0 Å². The molecular weight excluding hydrogens is 282 g/mol. The second kappa shape index (κ2) is 6.17. The number of carbonyl (C=O) groups is 1. The number of benzene rings is 1. The monoisotopic (exact) mass is 299 g/mol. The highest BCUT2D eigenvalue weighted by atomic mass is 79.9. The van der Waals surface area contributed by atoms with Crippen LogP contribution in [0.15, 0.2) is 16.6 Å². The summed E-state index contributed by atoms with van der Waals surface area (Å²) in [6, 6.07) is 3.89. The molecule has 0 heterocycles. The molecule has 0 saturated carbocycles. The van der Waals surface area contributed by atoms with Crippen LogP contribution in [-0.4, -0.2) is 26.5 Å². The molecule has 0 aromatic heterocycles. The average molecular weight is 300 g/mol. The van der Waals surface area contributed by atoms with Gasteiger partial charge < -0.3 is 10.1 Å². The van der Waals surface area contributed by atoms with Crippen LogP contribution in [0.4, 0.5) is 0 Å². The van der Waals surface area contributed by atoms with Crippen LogP contribution in [0.5, 0.6) is 5.75 Å². The molecule has 1 rings (SSSR count). The zero-order valence-corrected chi connectivity index (χ0v) is 12.2.